The largest absolute Gasteiger partial charge is 0.299 e. The van der Waals surface area contributed by atoms with Crippen molar-refractivity contribution in [3.8, 4) is 0 Å². The van der Waals surface area contributed by atoms with Crippen LogP contribution in [-0.2, 0) is 4.79 Å². The molecule has 0 aromatic carbocycles. The molecule has 1 aliphatic rings. The van der Waals surface area contributed by atoms with Crippen LogP contribution < -0.4 is 0 Å². The Balaban J connectivity index is 2.43. The van der Waals surface area contributed by atoms with Gasteiger partial charge in [-0.15, -0.1) is 0 Å². The molecule has 94 valence electrons. The smallest absolute Gasteiger partial charge is 0.136 e. The Kier molecular flexibility index (Phi) is 4.58. The predicted octanol–water partition coefficient (Wildman–Crippen LogP) is 4.45. The number of carbonyl (C=O) groups is 1. The van der Waals surface area contributed by atoms with Gasteiger partial charge in [-0.3, -0.25) is 4.79 Å². The SMILES string of the molecule is CC(C)C(CCC1CC1)C(=O)CC(C)(C)C. The lowest BCUT2D eigenvalue weighted by atomic mass is 9.79. The molecule has 0 spiro atoms. The second-order valence-corrected chi connectivity index (χ2v) is 7.07. The van der Waals surface area contributed by atoms with Crippen LogP contribution in [0.3, 0.4) is 0 Å². The molecule has 0 radical (unpaired) electrons. The molecule has 0 saturated heterocycles. The Bertz CT molecular complexity index is 230. The summed E-state index contributed by atoms with van der Waals surface area (Å²) in [6.45, 7) is 10.9. The highest BCUT2D eigenvalue weighted by atomic mass is 16.1. The minimum atomic E-state index is 0.143. The molecule has 1 fully saturated rings. The molecular weight excluding hydrogens is 196 g/mol. The van der Waals surface area contributed by atoms with Crippen molar-refractivity contribution in [2.45, 2.75) is 66.7 Å². The van der Waals surface area contributed by atoms with Crippen molar-refractivity contribution in [1.82, 2.24) is 0 Å². The summed E-state index contributed by atoms with van der Waals surface area (Å²) < 4.78 is 0. The highest BCUT2D eigenvalue weighted by molar-refractivity contribution is 5.81. The molecule has 0 aromatic heterocycles. The van der Waals surface area contributed by atoms with Crippen molar-refractivity contribution in [2.24, 2.45) is 23.2 Å². The molecule has 1 unspecified atom stereocenters. The Morgan fingerprint density at radius 1 is 1.25 bits per heavy atom. The monoisotopic (exact) mass is 224 g/mol. The summed E-state index contributed by atoms with van der Waals surface area (Å²) in [5.74, 6) is 2.25. The van der Waals surface area contributed by atoms with Gasteiger partial charge in [0, 0.05) is 12.3 Å². The average Bonchev–Trinajstić information content (AvgIpc) is 2.83. The normalized spacial score (nSPS) is 18.9. The number of carbonyl (C=O) groups excluding carboxylic acids is 1. The molecule has 1 rings (SSSR count). The van der Waals surface area contributed by atoms with Gasteiger partial charge in [0.1, 0.15) is 5.78 Å². The van der Waals surface area contributed by atoms with E-state index in [1.54, 1.807) is 0 Å². The lowest BCUT2D eigenvalue weighted by molar-refractivity contribution is -0.126. The van der Waals surface area contributed by atoms with E-state index < -0.39 is 0 Å². The van der Waals surface area contributed by atoms with Gasteiger partial charge in [-0.2, -0.15) is 0 Å². The van der Waals surface area contributed by atoms with E-state index in [0.717, 1.165) is 18.8 Å². The van der Waals surface area contributed by atoms with Crippen LogP contribution in [0, 0.1) is 23.2 Å². The summed E-state index contributed by atoms with van der Waals surface area (Å²) in [5, 5.41) is 0. The number of ketones is 1. The minimum absolute atomic E-state index is 0.143. The lowest BCUT2D eigenvalue weighted by Gasteiger charge is -2.24. The first kappa shape index (κ1) is 13.7. The molecule has 0 aliphatic heterocycles. The number of hydrogen-bond acceptors (Lipinski definition) is 1. The molecule has 0 amide bonds. The van der Waals surface area contributed by atoms with Gasteiger partial charge in [-0.05, 0) is 30.1 Å². The third kappa shape index (κ3) is 5.14. The number of hydrogen-bond donors (Lipinski definition) is 0. The molecule has 1 saturated carbocycles. The molecule has 1 heteroatoms. The molecule has 0 aromatic rings. The molecule has 1 aliphatic carbocycles. The van der Waals surface area contributed by atoms with Crippen molar-refractivity contribution in [1.29, 1.82) is 0 Å². The van der Waals surface area contributed by atoms with Gasteiger partial charge in [-0.1, -0.05) is 47.5 Å². The van der Waals surface area contributed by atoms with E-state index >= 15 is 0 Å². The molecule has 1 nitrogen and oxygen atoms in total. The van der Waals surface area contributed by atoms with Crippen LogP contribution in [0.15, 0.2) is 0 Å². The third-order valence-electron chi connectivity index (χ3n) is 3.51. The van der Waals surface area contributed by atoms with Crippen molar-refractivity contribution in [2.75, 3.05) is 0 Å². The molecule has 0 N–H and O–H groups in total. The number of rotatable bonds is 6. The van der Waals surface area contributed by atoms with E-state index in [2.05, 4.69) is 34.6 Å². The second kappa shape index (κ2) is 5.33. The molecule has 0 heterocycles. The van der Waals surface area contributed by atoms with Gasteiger partial charge in [0.05, 0.1) is 0 Å². The lowest BCUT2D eigenvalue weighted by Crippen LogP contribution is -2.25. The summed E-state index contributed by atoms with van der Waals surface area (Å²) in [6, 6.07) is 0. The van der Waals surface area contributed by atoms with Crippen molar-refractivity contribution < 1.29 is 4.79 Å². The van der Waals surface area contributed by atoms with E-state index in [0.29, 0.717) is 17.6 Å². The van der Waals surface area contributed by atoms with Crippen molar-refractivity contribution >= 4 is 5.78 Å². The van der Waals surface area contributed by atoms with Crippen molar-refractivity contribution in [3.05, 3.63) is 0 Å². The summed E-state index contributed by atoms with van der Waals surface area (Å²) >= 11 is 0. The Morgan fingerprint density at radius 2 is 1.81 bits per heavy atom. The predicted molar refractivity (Wildman–Crippen MR) is 69.4 cm³/mol. The van der Waals surface area contributed by atoms with Crippen LogP contribution in [0.2, 0.25) is 0 Å². The first-order chi connectivity index (χ1) is 7.29. The molecule has 1 atom stereocenters. The van der Waals surface area contributed by atoms with E-state index in [4.69, 9.17) is 0 Å². The second-order valence-electron chi connectivity index (χ2n) is 7.07. The standard InChI is InChI=1S/C15H28O/c1-11(2)13(9-8-12-6-7-12)14(16)10-15(3,4)5/h11-13H,6-10H2,1-5H3. The Labute approximate surface area is 101 Å². The van der Waals surface area contributed by atoms with Crippen molar-refractivity contribution in [3.63, 3.8) is 0 Å². The number of Topliss-reactive ketones (excluding diaryl/α,β-unsaturated/α-hetero) is 1. The van der Waals surface area contributed by atoms with Crippen LogP contribution in [0.5, 0.6) is 0 Å². The molecule has 0 bridgehead atoms. The van der Waals surface area contributed by atoms with Crippen LogP contribution in [0.25, 0.3) is 0 Å². The summed E-state index contributed by atoms with van der Waals surface area (Å²) in [6.07, 6.45) is 5.94. The minimum Gasteiger partial charge on any atom is -0.299 e. The van der Waals surface area contributed by atoms with Crippen LogP contribution in [0.4, 0.5) is 0 Å². The van der Waals surface area contributed by atoms with Crippen LogP contribution in [-0.4, -0.2) is 5.78 Å². The Hall–Kier alpha value is -0.330. The van der Waals surface area contributed by atoms with Gasteiger partial charge in [0.15, 0.2) is 0 Å². The van der Waals surface area contributed by atoms with Gasteiger partial charge < -0.3 is 0 Å². The zero-order valence-corrected chi connectivity index (χ0v) is 11.7. The Morgan fingerprint density at radius 3 is 2.19 bits per heavy atom. The van der Waals surface area contributed by atoms with E-state index in [-0.39, 0.29) is 5.41 Å². The fourth-order valence-electron chi connectivity index (χ4n) is 2.34. The summed E-state index contributed by atoms with van der Waals surface area (Å²) in [5.41, 5.74) is 0.143. The van der Waals surface area contributed by atoms with Crippen LogP contribution >= 0.6 is 0 Å². The molecular formula is C15H28O. The average molecular weight is 224 g/mol. The zero-order chi connectivity index (χ0) is 12.3. The molecule has 16 heavy (non-hydrogen) atoms. The zero-order valence-electron chi connectivity index (χ0n) is 11.7. The first-order valence-electron chi connectivity index (χ1n) is 6.82. The fraction of sp³-hybridized carbons (Fsp3) is 0.933. The van der Waals surface area contributed by atoms with Gasteiger partial charge in [-0.25, -0.2) is 0 Å². The first-order valence-corrected chi connectivity index (χ1v) is 6.82. The maximum atomic E-state index is 12.2. The topological polar surface area (TPSA) is 17.1 Å². The quantitative estimate of drug-likeness (QED) is 0.651. The highest BCUT2D eigenvalue weighted by Gasteiger charge is 2.29. The van der Waals surface area contributed by atoms with Gasteiger partial charge in [0.2, 0.25) is 0 Å². The van der Waals surface area contributed by atoms with E-state index in [9.17, 15) is 4.79 Å². The summed E-state index contributed by atoms with van der Waals surface area (Å²) in [4.78, 5) is 12.2. The summed E-state index contributed by atoms with van der Waals surface area (Å²) in [7, 11) is 0. The highest BCUT2D eigenvalue weighted by Crippen LogP contribution is 2.36. The van der Waals surface area contributed by atoms with Gasteiger partial charge >= 0.3 is 0 Å². The van der Waals surface area contributed by atoms with Crippen LogP contribution in [0.1, 0.15) is 66.7 Å². The maximum absolute atomic E-state index is 12.2. The third-order valence-corrected chi connectivity index (χ3v) is 3.51. The van der Waals surface area contributed by atoms with E-state index in [1.165, 1.54) is 19.3 Å². The fourth-order valence-corrected chi connectivity index (χ4v) is 2.34. The maximum Gasteiger partial charge on any atom is 0.136 e. The van der Waals surface area contributed by atoms with E-state index in [1.807, 2.05) is 0 Å². The van der Waals surface area contributed by atoms with Gasteiger partial charge in [0.25, 0.3) is 0 Å².